The summed E-state index contributed by atoms with van der Waals surface area (Å²) in [5.41, 5.74) is 3.26. The van der Waals surface area contributed by atoms with Crippen LogP contribution in [-0.4, -0.2) is 49.2 Å². The Labute approximate surface area is 191 Å². The predicted molar refractivity (Wildman–Crippen MR) is 131 cm³/mol. The highest BCUT2D eigenvalue weighted by Crippen LogP contribution is 2.36. The first kappa shape index (κ1) is 20.6. The molecule has 2 heterocycles. The molecule has 1 aliphatic heterocycles. The molecule has 0 radical (unpaired) electrons. The number of amides is 2. The van der Waals surface area contributed by atoms with Crippen LogP contribution < -0.4 is 15.0 Å². The average molecular weight is 447 g/mol. The van der Waals surface area contributed by atoms with Gasteiger partial charge in [0.1, 0.15) is 11.3 Å². The molecule has 0 unspecified atom stereocenters. The lowest BCUT2D eigenvalue weighted by Crippen LogP contribution is -2.51. The van der Waals surface area contributed by atoms with Gasteiger partial charge in [-0.3, -0.25) is 0 Å². The normalized spacial score (nSPS) is 14.2. The predicted octanol–water partition coefficient (Wildman–Crippen LogP) is 4.80. The number of ether oxygens (including phenoxy) is 1. The number of methoxy groups -OCH3 is 1. The first-order valence-corrected chi connectivity index (χ1v) is 11.6. The van der Waals surface area contributed by atoms with E-state index in [9.17, 15) is 4.79 Å². The summed E-state index contributed by atoms with van der Waals surface area (Å²) in [5, 5.41) is 6.46. The minimum absolute atomic E-state index is 0.0144. The molecule has 2 amide bonds. The SMILES string of the molecule is COc1ccc(C)c2sc(N3CCN(C(=O)NCc4cccc5ccccc45)CC3)nc12. The third kappa shape index (κ3) is 3.84. The second kappa shape index (κ2) is 8.67. The Kier molecular flexibility index (Phi) is 5.57. The number of aromatic nitrogens is 1. The molecular formula is C25H26N4O2S. The summed E-state index contributed by atoms with van der Waals surface area (Å²) in [7, 11) is 1.68. The van der Waals surface area contributed by atoms with Crippen LogP contribution in [0.5, 0.6) is 5.75 Å². The molecule has 164 valence electrons. The number of fused-ring (bicyclic) bond motifs is 2. The summed E-state index contributed by atoms with van der Waals surface area (Å²) in [5.74, 6) is 0.805. The lowest BCUT2D eigenvalue weighted by atomic mass is 10.0. The Balaban J connectivity index is 1.22. The highest BCUT2D eigenvalue weighted by Gasteiger charge is 2.24. The summed E-state index contributed by atoms with van der Waals surface area (Å²) in [4.78, 5) is 21.8. The van der Waals surface area contributed by atoms with E-state index >= 15 is 0 Å². The molecule has 4 aromatic rings. The first-order valence-electron chi connectivity index (χ1n) is 10.8. The van der Waals surface area contributed by atoms with E-state index < -0.39 is 0 Å². The van der Waals surface area contributed by atoms with E-state index in [4.69, 9.17) is 9.72 Å². The number of urea groups is 1. The Hall–Kier alpha value is -3.32. The second-order valence-electron chi connectivity index (χ2n) is 8.03. The van der Waals surface area contributed by atoms with Gasteiger partial charge in [-0.25, -0.2) is 9.78 Å². The van der Waals surface area contributed by atoms with Crippen molar-refractivity contribution in [3.05, 3.63) is 65.7 Å². The van der Waals surface area contributed by atoms with Gasteiger partial charge in [0.2, 0.25) is 0 Å². The summed E-state index contributed by atoms with van der Waals surface area (Å²) in [6, 6.07) is 18.5. The molecule has 7 heteroatoms. The number of rotatable bonds is 4. The maximum Gasteiger partial charge on any atom is 0.317 e. The zero-order valence-electron chi connectivity index (χ0n) is 18.3. The zero-order chi connectivity index (χ0) is 22.1. The van der Waals surface area contributed by atoms with Crippen molar-refractivity contribution in [2.75, 3.05) is 38.2 Å². The van der Waals surface area contributed by atoms with Crippen molar-refractivity contribution in [1.29, 1.82) is 0 Å². The van der Waals surface area contributed by atoms with Crippen molar-refractivity contribution < 1.29 is 9.53 Å². The van der Waals surface area contributed by atoms with E-state index in [1.807, 2.05) is 29.2 Å². The van der Waals surface area contributed by atoms with E-state index in [-0.39, 0.29) is 6.03 Å². The number of piperazine rings is 1. The topological polar surface area (TPSA) is 57.7 Å². The van der Waals surface area contributed by atoms with Crippen LogP contribution in [-0.2, 0) is 6.54 Å². The van der Waals surface area contributed by atoms with Crippen molar-refractivity contribution in [2.45, 2.75) is 13.5 Å². The summed E-state index contributed by atoms with van der Waals surface area (Å²) in [6.07, 6.45) is 0. The second-order valence-corrected chi connectivity index (χ2v) is 9.01. The van der Waals surface area contributed by atoms with Crippen LogP contribution in [0.2, 0.25) is 0 Å². The van der Waals surface area contributed by atoms with Crippen LogP contribution in [0.25, 0.3) is 21.0 Å². The molecule has 0 spiro atoms. The summed E-state index contributed by atoms with van der Waals surface area (Å²) >= 11 is 1.69. The average Bonchev–Trinajstić information content (AvgIpc) is 3.29. The lowest BCUT2D eigenvalue weighted by Gasteiger charge is -2.34. The number of hydrogen-bond acceptors (Lipinski definition) is 5. The first-order chi connectivity index (χ1) is 15.6. The fourth-order valence-corrected chi connectivity index (χ4v) is 5.33. The monoisotopic (exact) mass is 446 g/mol. The Morgan fingerprint density at radius 3 is 2.66 bits per heavy atom. The molecule has 32 heavy (non-hydrogen) atoms. The number of hydrogen-bond donors (Lipinski definition) is 1. The third-order valence-electron chi connectivity index (χ3n) is 6.06. The molecule has 1 N–H and O–H groups in total. The highest BCUT2D eigenvalue weighted by molar-refractivity contribution is 7.22. The molecule has 1 saturated heterocycles. The molecule has 6 nitrogen and oxygen atoms in total. The number of carbonyl (C=O) groups excluding carboxylic acids is 1. The van der Waals surface area contributed by atoms with Gasteiger partial charge in [-0.05, 0) is 34.9 Å². The van der Waals surface area contributed by atoms with Crippen LogP contribution in [0.4, 0.5) is 9.93 Å². The van der Waals surface area contributed by atoms with Crippen LogP contribution >= 0.6 is 11.3 Å². The van der Waals surface area contributed by atoms with E-state index in [1.165, 1.54) is 16.3 Å². The number of carbonyl (C=O) groups is 1. The molecule has 5 rings (SSSR count). The van der Waals surface area contributed by atoms with Gasteiger partial charge < -0.3 is 19.9 Å². The van der Waals surface area contributed by atoms with Crippen LogP contribution in [0, 0.1) is 6.92 Å². The van der Waals surface area contributed by atoms with Gasteiger partial charge in [0.25, 0.3) is 0 Å². The fourth-order valence-electron chi connectivity index (χ4n) is 4.23. The molecule has 3 aromatic carbocycles. The molecule has 0 atom stereocenters. The number of nitrogens with one attached hydrogen (secondary N) is 1. The smallest absolute Gasteiger partial charge is 0.317 e. The van der Waals surface area contributed by atoms with Gasteiger partial charge in [-0.2, -0.15) is 0 Å². The van der Waals surface area contributed by atoms with Crippen LogP contribution in [0.1, 0.15) is 11.1 Å². The third-order valence-corrected chi connectivity index (χ3v) is 7.31. The standard InChI is InChI=1S/C25H26N4O2S/c1-17-10-11-21(31-2)22-23(17)32-25(27-22)29-14-12-28(13-15-29)24(30)26-16-19-8-5-7-18-6-3-4-9-20(18)19/h3-11H,12-16H2,1-2H3,(H,26,30). The summed E-state index contributed by atoms with van der Waals surface area (Å²) < 4.78 is 6.65. The Bertz CT molecular complexity index is 1270. The molecule has 0 aliphatic carbocycles. The molecule has 0 bridgehead atoms. The van der Waals surface area contributed by atoms with Crippen molar-refractivity contribution >= 4 is 43.5 Å². The molecule has 1 aromatic heterocycles. The van der Waals surface area contributed by atoms with E-state index in [2.05, 4.69) is 47.5 Å². The maximum atomic E-state index is 12.8. The van der Waals surface area contributed by atoms with Crippen LogP contribution in [0.15, 0.2) is 54.6 Å². The maximum absolute atomic E-state index is 12.8. The van der Waals surface area contributed by atoms with Gasteiger partial charge in [-0.15, -0.1) is 0 Å². The lowest BCUT2D eigenvalue weighted by molar-refractivity contribution is 0.194. The number of aryl methyl sites for hydroxylation is 1. The van der Waals surface area contributed by atoms with E-state index in [0.717, 1.165) is 39.8 Å². The number of nitrogens with zero attached hydrogens (tertiary/aromatic N) is 3. The van der Waals surface area contributed by atoms with Gasteiger partial charge in [0.15, 0.2) is 5.13 Å². The van der Waals surface area contributed by atoms with Gasteiger partial charge >= 0.3 is 6.03 Å². The molecular weight excluding hydrogens is 420 g/mol. The minimum Gasteiger partial charge on any atom is -0.494 e. The number of anilines is 1. The minimum atomic E-state index is -0.0144. The van der Waals surface area contributed by atoms with Gasteiger partial charge in [0, 0.05) is 32.7 Å². The van der Waals surface area contributed by atoms with Crippen molar-refractivity contribution in [2.24, 2.45) is 0 Å². The number of benzene rings is 3. The quantitative estimate of drug-likeness (QED) is 0.489. The van der Waals surface area contributed by atoms with Crippen molar-refractivity contribution in [1.82, 2.24) is 15.2 Å². The van der Waals surface area contributed by atoms with Gasteiger partial charge in [-0.1, -0.05) is 59.9 Å². The largest absolute Gasteiger partial charge is 0.494 e. The molecule has 1 fully saturated rings. The van der Waals surface area contributed by atoms with Crippen molar-refractivity contribution in [3.63, 3.8) is 0 Å². The highest BCUT2D eigenvalue weighted by atomic mass is 32.1. The van der Waals surface area contributed by atoms with Gasteiger partial charge in [0.05, 0.1) is 11.8 Å². The van der Waals surface area contributed by atoms with Crippen molar-refractivity contribution in [3.8, 4) is 5.75 Å². The van der Waals surface area contributed by atoms with E-state index in [1.54, 1.807) is 18.4 Å². The molecule has 1 aliphatic rings. The van der Waals surface area contributed by atoms with Crippen LogP contribution in [0.3, 0.4) is 0 Å². The fraction of sp³-hybridized carbons (Fsp3) is 0.280. The zero-order valence-corrected chi connectivity index (χ0v) is 19.1. The summed E-state index contributed by atoms with van der Waals surface area (Å²) in [6.45, 7) is 5.51. The molecule has 0 saturated carbocycles. The Morgan fingerprint density at radius 2 is 1.84 bits per heavy atom. The van der Waals surface area contributed by atoms with E-state index in [0.29, 0.717) is 19.6 Å². The number of thiazole rings is 1. The Morgan fingerprint density at radius 1 is 1.06 bits per heavy atom.